The van der Waals surface area contributed by atoms with Crippen LogP contribution in [-0.4, -0.2) is 25.0 Å². The molecule has 0 aromatic heterocycles. The molecule has 0 atom stereocenters. The average molecular weight is 252 g/mol. The Labute approximate surface area is 102 Å². The van der Waals surface area contributed by atoms with Gasteiger partial charge in [0, 0.05) is 26.2 Å². The first-order valence-corrected chi connectivity index (χ1v) is 7.55. The summed E-state index contributed by atoms with van der Waals surface area (Å²) >= 11 is 0. The van der Waals surface area contributed by atoms with Crippen molar-refractivity contribution in [2.24, 2.45) is 0 Å². The molecule has 0 spiro atoms. The number of nitrogens with one attached hydrogen (secondary N) is 1. The van der Waals surface area contributed by atoms with E-state index in [1.165, 1.54) is 11.1 Å². The third kappa shape index (κ3) is 2.10. The zero-order valence-corrected chi connectivity index (χ0v) is 10.5. The number of nitrogens with zero attached hydrogens (tertiary/aromatic N) is 1. The molecule has 0 aliphatic carbocycles. The monoisotopic (exact) mass is 252 g/mol. The van der Waals surface area contributed by atoms with Crippen LogP contribution in [0.3, 0.4) is 0 Å². The van der Waals surface area contributed by atoms with Crippen molar-refractivity contribution >= 4 is 10.0 Å². The van der Waals surface area contributed by atoms with Crippen LogP contribution in [0.15, 0.2) is 18.2 Å². The van der Waals surface area contributed by atoms with Crippen molar-refractivity contribution in [2.45, 2.75) is 26.1 Å². The second-order valence-corrected chi connectivity index (χ2v) is 6.80. The third-order valence-corrected chi connectivity index (χ3v) is 5.37. The quantitative estimate of drug-likeness (QED) is 0.848. The second kappa shape index (κ2) is 4.08. The Kier molecular flexibility index (Phi) is 2.69. The van der Waals surface area contributed by atoms with Gasteiger partial charge in [0.15, 0.2) is 0 Å². The number of fused-ring (bicyclic) bond motifs is 1. The topological polar surface area (TPSA) is 49.4 Å². The summed E-state index contributed by atoms with van der Waals surface area (Å²) in [6, 6.07) is 6.27. The van der Waals surface area contributed by atoms with Crippen LogP contribution in [0.1, 0.15) is 23.1 Å². The largest absolute Gasteiger partial charge is 0.309 e. The van der Waals surface area contributed by atoms with Crippen molar-refractivity contribution in [1.82, 2.24) is 9.62 Å². The Hall–Kier alpha value is -0.910. The highest BCUT2D eigenvalue weighted by molar-refractivity contribution is 7.89. The van der Waals surface area contributed by atoms with Crippen molar-refractivity contribution in [3.05, 3.63) is 34.9 Å². The fourth-order valence-corrected chi connectivity index (χ4v) is 4.02. The number of hydrogen-bond acceptors (Lipinski definition) is 3. The summed E-state index contributed by atoms with van der Waals surface area (Å²) in [4.78, 5) is 0. The summed E-state index contributed by atoms with van der Waals surface area (Å²) in [5, 5.41) is 3.29. The molecule has 1 aromatic rings. The van der Waals surface area contributed by atoms with Gasteiger partial charge in [-0.3, -0.25) is 0 Å². The van der Waals surface area contributed by atoms with E-state index in [0.29, 0.717) is 18.8 Å². The Morgan fingerprint density at radius 1 is 1.24 bits per heavy atom. The van der Waals surface area contributed by atoms with Crippen molar-refractivity contribution in [3.8, 4) is 0 Å². The number of benzene rings is 1. The van der Waals surface area contributed by atoms with Crippen molar-refractivity contribution in [3.63, 3.8) is 0 Å². The fourth-order valence-electron chi connectivity index (χ4n) is 2.52. The lowest BCUT2D eigenvalue weighted by molar-refractivity contribution is 0.439. The van der Waals surface area contributed by atoms with Gasteiger partial charge in [-0.05, 0) is 23.1 Å². The SMILES string of the molecule is O=S1(=O)CCCN1Cc1ccc2c(c1)CNC2. The van der Waals surface area contributed by atoms with E-state index in [2.05, 4.69) is 17.4 Å². The van der Waals surface area contributed by atoms with Gasteiger partial charge in [-0.15, -0.1) is 0 Å². The Balaban J connectivity index is 1.82. The minimum atomic E-state index is -2.98. The molecule has 1 N–H and O–H groups in total. The predicted molar refractivity (Wildman–Crippen MR) is 65.8 cm³/mol. The van der Waals surface area contributed by atoms with Gasteiger partial charge in [-0.25, -0.2) is 8.42 Å². The maximum Gasteiger partial charge on any atom is 0.214 e. The summed E-state index contributed by atoms with van der Waals surface area (Å²) in [6.45, 7) is 3.01. The van der Waals surface area contributed by atoms with Crippen LogP contribution in [0.4, 0.5) is 0 Å². The molecule has 0 unspecified atom stereocenters. The van der Waals surface area contributed by atoms with E-state index in [-0.39, 0.29) is 0 Å². The van der Waals surface area contributed by atoms with Crippen LogP contribution < -0.4 is 5.32 Å². The zero-order valence-electron chi connectivity index (χ0n) is 9.65. The second-order valence-electron chi connectivity index (χ2n) is 4.71. The molecule has 1 aromatic carbocycles. The van der Waals surface area contributed by atoms with Gasteiger partial charge in [0.1, 0.15) is 0 Å². The van der Waals surface area contributed by atoms with Gasteiger partial charge in [-0.1, -0.05) is 18.2 Å². The molecule has 3 rings (SSSR count). The smallest absolute Gasteiger partial charge is 0.214 e. The summed E-state index contributed by atoms with van der Waals surface area (Å²) in [5.74, 6) is 0.305. The van der Waals surface area contributed by atoms with Gasteiger partial charge < -0.3 is 5.32 Å². The lowest BCUT2D eigenvalue weighted by Crippen LogP contribution is -2.25. The first-order chi connectivity index (χ1) is 8.15. The number of hydrogen-bond donors (Lipinski definition) is 1. The Morgan fingerprint density at radius 2 is 2.06 bits per heavy atom. The van der Waals surface area contributed by atoms with Gasteiger partial charge in [0.25, 0.3) is 0 Å². The van der Waals surface area contributed by atoms with E-state index in [0.717, 1.165) is 25.1 Å². The van der Waals surface area contributed by atoms with Crippen LogP contribution in [0.5, 0.6) is 0 Å². The highest BCUT2D eigenvalue weighted by atomic mass is 32.2. The molecule has 2 heterocycles. The fraction of sp³-hybridized carbons (Fsp3) is 0.500. The van der Waals surface area contributed by atoms with Crippen molar-refractivity contribution in [2.75, 3.05) is 12.3 Å². The van der Waals surface area contributed by atoms with E-state index in [1.807, 2.05) is 6.07 Å². The first kappa shape index (κ1) is 11.2. The molecule has 0 radical (unpaired) electrons. The molecule has 2 aliphatic heterocycles. The summed E-state index contributed by atoms with van der Waals surface area (Å²) in [5.41, 5.74) is 3.73. The first-order valence-electron chi connectivity index (χ1n) is 5.94. The maximum absolute atomic E-state index is 11.7. The highest BCUT2D eigenvalue weighted by Gasteiger charge is 2.28. The van der Waals surface area contributed by atoms with Gasteiger partial charge in [0.05, 0.1) is 5.75 Å². The van der Waals surface area contributed by atoms with E-state index in [9.17, 15) is 8.42 Å². The molecule has 4 nitrogen and oxygen atoms in total. The molecule has 0 bridgehead atoms. The molecule has 2 aliphatic rings. The van der Waals surface area contributed by atoms with Crippen LogP contribution in [-0.2, 0) is 29.7 Å². The summed E-state index contributed by atoms with van der Waals surface area (Å²) in [7, 11) is -2.98. The minimum absolute atomic E-state index is 0.305. The maximum atomic E-state index is 11.7. The van der Waals surface area contributed by atoms with E-state index in [4.69, 9.17) is 0 Å². The molecule has 0 saturated carbocycles. The molecule has 17 heavy (non-hydrogen) atoms. The molecule has 0 amide bonds. The van der Waals surface area contributed by atoms with Gasteiger partial charge in [-0.2, -0.15) is 4.31 Å². The third-order valence-electron chi connectivity index (χ3n) is 3.46. The van der Waals surface area contributed by atoms with E-state index < -0.39 is 10.0 Å². The van der Waals surface area contributed by atoms with Crippen LogP contribution in [0, 0.1) is 0 Å². The molecule has 5 heteroatoms. The molecule has 1 fully saturated rings. The lowest BCUT2D eigenvalue weighted by Gasteiger charge is -2.14. The Bertz CT molecular complexity index is 539. The highest BCUT2D eigenvalue weighted by Crippen LogP contribution is 2.21. The molecule has 1 saturated heterocycles. The van der Waals surface area contributed by atoms with Crippen molar-refractivity contribution < 1.29 is 8.42 Å². The normalized spacial score (nSPS) is 22.8. The molecular formula is C12H16N2O2S. The number of rotatable bonds is 2. The van der Waals surface area contributed by atoms with Gasteiger partial charge >= 0.3 is 0 Å². The summed E-state index contributed by atoms with van der Waals surface area (Å²) in [6.07, 6.45) is 0.759. The Morgan fingerprint density at radius 3 is 2.82 bits per heavy atom. The average Bonchev–Trinajstić information content (AvgIpc) is 2.85. The van der Waals surface area contributed by atoms with Crippen LogP contribution in [0.2, 0.25) is 0 Å². The van der Waals surface area contributed by atoms with Crippen LogP contribution >= 0.6 is 0 Å². The summed E-state index contributed by atoms with van der Waals surface area (Å²) < 4.78 is 25.0. The lowest BCUT2D eigenvalue weighted by atomic mass is 10.1. The molecule has 92 valence electrons. The van der Waals surface area contributed by atoms with Gasteiger partial charge in [0.2, 0.25) is 10.0 Å². The number of sulfonamides is 1. The molecular weight excluding hydrogens is 236 g/mol. The zero-order chi connectivity index (χ0) is 11.9. The van der Waals surface area contributed by atoms with E-state index >= 15 is 0 Å². The van der Waals surface area contributed by atoms with E-state index in [1.54, 1.807) is 4.31 Å². The standard InChI is InChI=1S/C12H16N2O2S/c15-17(16)5-1-4-14(17)9-10-2-3-11-7-13-8-12(11)6-10/h2-3,6,13H,1,4-5,7-9H2. The van der Waals surface area contributed by atoms with Crippen molar-refractivity contribution in [1.29, 1.82) is 0 Å². The van der Waals surface area contributed by atoms with Crippen LogP contribution in [0.25, 0.3) is 0 Å². The minimum Gasteiger partial charge on any atom is -0.309 e. The predicted octanol–water partition coefficient (Wildman–Crippen LogP) is 0.825.